The molecule has 38 heavy (non-hydrogen) atoms. The average Bonchev–Trinajstić information content (AvgIpc) is 3.36. The van der Waals surface area contributed by atoms with E-state index in [4.69, 9.17) is 19.6 Å². The van der Waals surface area contributed by atoms with Gasteiger partial charge >= 0.3 is 0 Å². The molecule has 9 nitrogen and oxygen atoms in total. The molecule has 0 saturated heterocycles. The van der Waals surface area contributed by atoms with Crippen molar-refractivity contribution in [1.82, 2.24) is 15.0 Å². The zero-order chi connectivity index (χ0) is 26.5. The predicted molar refractivity (Wildman–Crippen MR) is 139 cm³/mol. The highest BCUT2D eigenvalue weighted by Crippen LogP contribution is 2.66. The Bertz CT molecular complexity index is 1550. The lowest BCUT2D eigenvalue weighted by Crippen LogP contribution is -2.37. The number of hydrogen-bond donors (Lipinski definition) is 2. The Morgan fingerprint density at radius 1 is 1.21 bits per heavy atom. The summed E-state index contributed by atoms with van der Waals surface area (Å²) < 4.78 is 46.2. The van der Waals surface area contributed by atoms with E-state index in [9.17, 15) is 4.39 Å². The van der Waals surface area contributed by atoms with Crippen LogP contribution in [0, 0.1) is 17.6 Å². The number of nitrogens with two attached hydrogens (primary N) is 1. The van der Waals surface area contributed by atoms with Gasteiger partial charge in [-0.05, 0) is 31.5 Å². The number of aromatic nitrogens is 3. The third kappa shape index (κ3) is 4.23. The van der Waals surface area contributed by atoms with E-state index in [0.29, 0.717) is 40.4 Å². The van der Waals surface area contributed by atoms with E-state index in [-0.39, 0.29) is 22.8 Å². The van der Waals surface area contributed by atoms with Crippen molar-refractivity contribution in [3.05, 3.63) is 72.2 Å². The fourth-order valence-corrected chi connectivity index (χ4v) is 6.63. The summed E-state index contributed by atoms with van der Waals surface area (Å²) in [5.74, 6) is -0.651. The molecular formula is C26H24F2N6O3S. The molecule has 0 amide bonds. The Labute approximate surface area is 220 Å². The van der Waals surface area contributed by atoms with Gasteiger partial charge in [-0.25, -0.2) is 23.7 Å². The lowest BCUT2D eigenvalue weighted by Gasteiger charge is -2.34. The second-order valence-electron chi connectivity index (χ2n) is 9.52. The summed E-state index contributed by atoms with van der Waals surface area (Å²) in [6, 6.07) is 6.24. The summed E-state index contributed by atoms with van der Waals surface area (Å²) in [4.78, 5) is 17.5. The fraction of sp³-hybridized carbons (Fsp3) is 0.308. The van der Waals surface area contributed by atoms with E-state index in [1.807, 2.05) is 0 Å². The number of hydrogen-bond acceptors (Lipinski definition) is 10. The Hall–Kier alpha value is -3.77. The molecule has 4 aromatic rings. The number of amidine groups is 1. The summed E-state index contributed by atoms with van der Waals surface area (Å²) in [5.41, 5.74) is 6.07. The minimum Gasteiger partial charge on any atom is -0.482 e. The highest BCUT2D eigenvalue weighted by Gasteiger charge is 2.66. The van der Waals surface area contributed by atoms with Crippen LogP contribution in [0.3, 0.4) is 0 Å². The topological polar surface area (TPSA) is 121 Å². The van der Waals surface area contributed by atoms with Crippen LogP contribution in [-0.2, 0) is 16.9 Å². The number of aliphatic imine (C=N–C) groups is 1. The van der Waals surface area contributed by atoms with E-state index < -0.39 is 17.2 Å². The lowest BCUT2D eigenvalue weighted by atomic mass is 9.85. The Balaban J connectivity index is 1.31. The van der Waals surface area contributed by atoms with E-state index in [1.54, 1.807) is 50.8 Å². The molecule has 12 heteroatoms. The number of pyridine rings is 2. The van der Waals surface area contributed by atoms with Gasteiger partial charge in [0.2, 0.25) is 5.89 Å². The van der Waals surface area contributed by atoms with E-state index in [1.165, 1.54) is 18.0 Å². The molecule has 0 radical (unpaired) electrons. The first-order valence-electron chi connectivity index (χ1n) is 11.9. The number of benzene rings is 1. The Morgan fingerprint density at radius 2 is 2.08 bits per heavy atom. The summed E-state index contributed by atoms with van der Waals surface area (Å²) in [5, 5.41) is 4.18. The van der Waals surface area contributed by atoms with Crippen molar-refractivity contribution in [3.63, 3.8) is 0 Å². The molecule has 3 atom stereocenters. The van der Waals surface area contributed by atoms with Crippen molar-refractivity contribution in [2.75, 3.05) is 19.0 Å². The number of halogens is 2. The average molecular weight is 539 g/mol. The van der Waals surface area contributed by atoms with Crippen molar-refractivity contribution < 1.29 is 22.7 Å². The van der Waals surface area contributed by atoms with Gasteiger partial charge in [-0.3, -0.25) is 4.99 Å². The van der Waals surface area contributed by atoms with Crippen LogP contribution in [0.2, 0.25) is 0 Å². The Kier molecular flexibility index (Phi) is 5.95. The van der Waals surface area contributed by atoms with E-state index in [2.05, 4.69) is 25.3 Å². The van der Waals surface area contributed by atoms with Crippen molar-refractivity contribution in [1.29, 1.82) is 0 Å². The minimum atomic E-state index is -1.05. The maximum absolute atomic E-state index is 15.2. The van der Waals surface area contributed by atoms with Crippen LogP contribution in [0.25, 0.3) is 10.9 Å². The molecule has 4 heterocycles. The van der Waals surface area contributed by atoms with Gasteiger partial charge in [0.05, 0.1) is 29.3 Å². The van der Waals surface area contributed by atoms with Crippen molar-refractivity contribution in [3.8, 4) is 5.75 Å². The molecule has 6 rings (SSSR count). The molecule has 1 aliphatic carbocycles. The quantitative estimate of drug-likeness (QED) is 0.323. The summed E-state index contributed by atoms with van der Waals surface area (Å²) in [6.07, 6.45) is 6.90. The third-order valence-electron chi connectivity index (χ3n) is 7.00. The number of oxazole rings is 1. The lowest BCUT2D eigenvalue weighted by molar-refractivity contribution is 0.184. The van der Waals surface area contributed by atoms with Crippen LogP contribution in [0.4, 0.5) is 20.3 Å². The zero-order valence-corrected chi connectivity index (χ0v) is 21.4. The van der Waals surface area contributed by atoms with Crippen molar-refractivity contribution >= 4 is 39.3 Å². The summed E-state index contributed by atoms with van der Waals surface area (Å²) in [6.45, 7) is 2.40. The normalized spacial score (nSPS) is 24.1. The number of anilines is 2. The number of methoxy groups -OCH3 is 1. The first-order valence-corrected chi connectivity index (χ1v) is 12.7. The van der Waals surface area contributed by atoms with Gasteiger partial charge in [0.15, 0.2) is 29.2 Å². The van der Waals surface area contributed by atoms with Crippen molar-refractivity contribution in [2.24, 2.45) is 16.6 Å². The number of ether oxygens (including phenoxy) is 2. The van der Waals surface area contributed by atoms with Gasteiger partial charge in [-0.2, -0.15) is 0 Å². The standard InChI is InChI=1S/C26H24F2N6O3S/c1-25(19-10-26(19,13-35-2)38-24(29)34-25)17-8-15(9-18(27)21(17)28)33-23-22-14(3-4-31-23)7-16(11-32-22)37-12-20-30-5-6-36-20/h3-9,11,19H,10,12-13H2,1-2H3,(H2,29,34)(H,31,33)/t19-,25+,26+/m0/s1. The van der Waals surface area contributed by atoms with Gasteiger partial charge < -0.3 is 24.9 Å². The van der Waals surface area contributed by atoms with Gasteiger partial charge in [0.25, 0.3) is 0 Å². The minimum absolute atomic E-state index is 0.0523. The second-order valence-corrected chi connectivity index (χ2v) is 11.0. The van der Waals surface area contributed by atoms with Crippen LogP contribution in [0.1, 0.15) is 24.8 Å². The van der Waals surface area contributed by atoms with Crippen LogP contribution in [0.15, 0.2) is 58.5 Å². The molecule has 1 aromatic carbocycles. The van der Waals surface area contributed by atoms with Gasteiger partial charge in [0.1, 0.15) is 17.5 Å². The maximum atomic E-state index is 15.2. The first kappa shape index (κ1) is 24.6. The Morgan fingerprint density at radius 3 is 2.87 bits per heavy atom. The largest absolute Gasteiger partial charge is 0.482 e. The third-order valence-corrected chi connectivity index (χ3v) is 8.27. The molecule has 1 fully saturated rings. The highest BCUT2D eigenvalue weighted by atomic mass is 32.2. The summed E-state index contributed by atoms with van der Waals surface area (Å²) in [7, 11) is 1.62. The number of thioether (sulfide) groups is 1. The molecule has 0 unspecified atom stereocenters. The molecule has 2 aliphatic rings. The van der Waals surface area contributed by atoms with Crippen molar-refractivity contribution in [2.45, 2.75) is 30.2 Å². The monoisotopic (exact) mass is 538 g/mol. The molecule has 196 valence electrons. The molecule has 1 aliphatic heterocycles. The van der Waals surface area contributed by atoms with Gasteiger partial charge in [-0.1, -0.05) is 11.8 Å². The number of fused-ring (bicyclic) bond motifs is 2. The number of nitrogens with zero attached hydrogens (tertiary/aromatic N) is 4. The van der Waals surface area contributed by atoms with E-state index >= 15 is 4.39 Å². The highest BCUT2D eigenvalue weighted by molar-refractivity contribution is 8.15. The first-order chi connectivity index (χ1) is 18.3. The second kappa shape index (κ2) is 9.21. The number of nitrogens with one attached hydrogen (secondary N) is 1. The van der Waals surface area contributed by atoms with Crippen LogP contribution < -0.4 is 15.8 Å². The summed E-state index contributed by atoms with van der Waals surface area (Å²) >= 11 is 1.44. The predicted octanol–water partition coefficient (Wildman–Crippen LogP) is 4.90. The van der Waals surface area contributed by atoms with Crippen LogP contribution in [-0.4, -0.2) is 38.6 Å². The van der Waals surface area contributed by atoms with Gasteiger partial charge in [0, 0.05) is 41.9 Å². The molecule has 3 N–H and O–H groups in total. The zero-order valence-electron chi connectivity index (χ0n) is 20.6. The molecular weight excluding hydrogens is 514 g/mol. The maximum Gasteiger partial charge on any atom is 0.232 e. The fourth-order valence-electron chi connectivity index (χ4n) is 5.18. The van der Waals surface area contributed by atoms with Crippen LogP contribution in [0.5, 0.6) is 5.75 Å². The van der Waals surface area contributed by atoms with Gasteiger partial charge in [-0.15, -0.1) is 0 Å². The SMILES string of the molecule is COC[C@]12C[C@H]1[C@@](C)(c1cc(Nc3nccc4cc(OCc5ncco5)cnc34)cc(F)c1F)N=C(N)S2. The smallest absolute Gasteiger partial charge is 0.232 e. The molecule has 0 spiro atoms. The molecule has 1 saturated carbocycles. The van der Waals surface area contributed by atoms with Crippen LogP contribution >= 0.6 is 11.8 Å². The molecule has 0 bridgehead atoms. The number of rotatable bonds is 8. The van der Waals surface area contributed by atoms with E-state index in [0.717, 1.165) is 17.9 Å². The molecule has 3 aromatic heterocycles.